The molecular weight excluding hydrogens is 227 g/mol. The molecule has 0 atom stereocenters. The predicted molar refractivity (Wildman–Crippen MR) is 50.0 cm³/mol. The van der Waals surface area contributed by atoms with Crippen LogP contribution in [-0.2, 0) is 0 Å². The van der Waals surface area contributed by atoms with Crippen molar-refractivity contribution in [3.05, 3.63) is 25.3 Å². The molecule has 0 nitrogen and oxygen atoms in total. The summed E-state index contributed by atoms with van der Waals surface area (Å²) in [6.07, 6.45) is 5.77. The molecule has 0 bridgehead atoms. The van der Waals surface area contributed by atoms with Crippen LogP contribution in [0.1, 0.15) is 6.42 Å². The topological polar surface area (TPSA) is 0 Å². The molecule has 0 unspecified atom stereocenters. The Labute approximate surface area is 67.9 Å². The van der Waals surface area contributed by atoms with Crippen LogP contribution < -0.4 is 0 Å². The molecule has 0 aliphatic carbocycles. The van der Waals surface area contributed by atoms with E-state index in [4.69, 9.17) is 0 Å². The second-order valence-electron chi connectivity index (χ2n) is 3.34. The summed E-state index contributed by atoms with van der Waals surface area (Å²) in [6.45, 7) is 7.66. The number of hydrogen-bond donors (Lipinski definition) is 0. The van der Waals surface area contributed by atoms with Gasteiger partial charge < -0.3 is 0 Å². The SMILES string of the molecule is C=C[CH2][Sn]1([CH2]C=C)[CH2]C[CH2]1. The monoisotopic (exact) mass is 244 g/mol. The van der Waals surface area contributed by atoms with Crippen LogP contribution in [0.25, 0.3) is 0 Å². The standard InChI is InChI=1S/C3H6.2C3H5.Sn/c3*1-3-2;/h1-3H2;2*3H,1-2H2;. The third-order valence-corrected chi connectivity index (χ3v) is 17.2. The van der Waals surface area contributed by atoms with Crippen LogP contribution in [0.4, 0.5) is 0 Å². The van der Waals surface area contributed by atoms with E-state index in [-0.39, 0.29) is 0 Å². The van der Waals surface area contributed by atoms with E-state index in [9.17, 15) is 0 Å². The van der Waals surface area contributed by atoms with Crippen molar-refractivity contribution in [2.45, 2.75) is 24.2 Å². The molecule has 0 spiro atoms. The summed E-state index contributed by atoms with van der Waals surface area (Å²) in [5, 5.41) is 0. The van der Waals surface area contributed by atoms with Crippen LogP contribution in [-0.4, -0.2) is 18.4 Å². The first-order chi connectivity index (χ1) is 4.83. The Balaban J connectivity index is 2.41. The minimum atomic E-state index is -1.48. The molecule has 0 radical (unpaired) electrons. The summed E-state index contributed by atoms with van der Waals surface area (Å²) >= 11 is -1.48. The molecule has 1 fully saturated rings. The third kappa shape index (κ3) is 1.66. The molecule has 1 heterocycles. The van der Waals surface area contributed by atoms with Gasteiger partial charge in [0.1, 0.15) is 0 Å². The second-order valence-corrected chi connectivity index (χ2v) is 17.1. The average molecular weight is 243 g/mol. The Kier molecular flexibility index (Phi) is 3.02. The molecule has 1 rings (SSSR count). The Morgan fingerprint density at radius 2 is 1.60 bits per heavy atom. The van der Waals surface area contributed by atoms with Crippen molar-refractivity contribution < 1.29 is 0 Å². The van der Waals surface area contributed by atoms with E-state index in [2.05, 4.69) is 25.3 Å². The Morgan fingerprint density at radius 3 is 1.80 bits per heavy atom. The Bertz CT molecular complexity index is 122. The molecular formula is C9H16Sn. The summed E-state index contributed by atoms with van der Waals surface area (Å²) in [4.78, 5) is 0. The zero-order valence-corrected chi connectivity index (χ0v) is 9.46. The van der Waals surface area contributed by atoms with Crippen molar-refractivity contribution in [3.8, 4) is 0 Å². The van der Waals surface area contributed by atoms with Gasteiger partial charge in [-0.25, -0.2) is 0 Å². The van der Waals surface area contributed by atoms with E-state index < -0.39 is 18.4 Å². The fraction of sp³-hybridized carbons (Fsp3) is 0.556. The van der Waals surface area contributed by atoms with E-state index in [1.54, 1.807) is 8.87 Å². The molecule has 10 heavy (non-hydrogen) atoms. The van der Waals surface area contributed by atoms with E-state index in [1.165, 1.54) is 15.3 Å². The van der Waals surface area contributed by atoms with E-state index >= 15 is 0 Å². The molecule has 1 heteroatoms. The summed E-state index contributed by atoms with van der Waals surface area (Å²) in [5.41, 5.74) is 0. The molecule has 0 aromatic heterocycles. The Hall–Kier alpha value is 0.279. The molecule has 56 valence electrons. The zero-order chi connectivity index (χ0) is 7.45. The summed E-state index contributed by atoms with van der Waals surface area (Å²) in [7, 11) is 0. The molecule has 1 saturated heterocycles. The van der Waals surface area contributed by atoms with E-state index in [0.29, 0.717) is 0 Å². The molecule has 0 saturated carbocycles. The summed E-state index contributed by atoms with van der Waals surface area (Å²) in [6, 6.07) is 0. The van der Waals surface area contributed by atoms with Gasteiger partial charge >= 0.3 is 67.9 Å². The van der Waals surface area contributed by atoms with Crippen molar-refractivity contribution >= 4 is 18.4 Å². The zero-order valence-electron chi connectivity index (χ0n) is 6.60. The molecule has 0 N–H and O–H groups in total. The first-order valence-corrected chi connectivity index (χ1v) is 12.1. The van der Waals surface area contributed by atoms with Crippen LogP contribution >= 0.6 is 0 Å². The van der Waals surface area contributed by atoms with Crippen molar-refractivity contribution in [3.63, 3.8) is 0 Å². The number of rotatable bonds is 4. The van der Waals surface area contributed by atoms with Gasteiger partial charge in [-0.15, -0.1) is 0 Å². The molecule has 0 amide bonds. The quantitative estimate of drug-likeness (QED) is 0.525. The molecule has 0 aromatic rings. The van der Waals surface area contributed by atoms with Gasteiger partial charge in [0, 0.05) is 0 Å². The van der Waals surface area contributed by atoms with Gasteiger partial charge in [0.15, 0.2) is 0 Å². The maximum atomic E-state index is 3.83. The van der Waals surface area contributed by atoms with Gasteiger partial charge in [0.2, 0.25) is 0 Å². The first kappa shape index (κ1) is 8.38. The minimum absolute atomic E-state index is 1.39. The molecule has 1 aliphatic rings. The third-order valence-electron chi connectivity index (χ3n) is 2.57. The van der Waals surface area contributed by atoms with E-state index in [1.807, 2.05) is 0 Å². The fourth-order valence-corrected chi connectivity index (χ4v) is 11.9. The van der Waals surface area contributed by atoms with Crippen molar-refractivity contribution in [1.29, 1.82) is 0 Å². The van der Waals surface area contributed by atoms with Crippen molar-refractivity contribution in [2.24, 2.45) is 0 Å². The summed E-state index contributed by atoms with van der Waals surface area (Å²) < 4.78 is 5.96. The van der Waals surface area contributed by atoms with Gasteiger partial charge in [0.05, 0.1) is 0 Å². The first-order valence-electron chi connectivity index (χ1n) is 4.05. The van der Waals surface area contributed by atoms with Gasteiger partial charge in [-0.1, -0.05) is 0 Å². The molecule has 0 aromatic carbocycles. The molecule has 1 aliphatic heterocycles. The van der Waals surface area contributed by atoms with Crippen LogP contribution in [0.15, 0.2) is 25.3 Å². The van der Waals surface area contributed by atoms with Gasteiger partial charge in [-0.3, -0.25) is 0 Å². The van der Waals surface area contributed by atoms with Gasteiger partial charge in [0.25, 0.3) is 0 Å². The van der Waals surface area contributed by atoms with Crippen molar-refractivity contribution in [2.75, 3.05) is 0 Å². The summed E-state index contributed by atoms with van der Waals surface area (Å²) in [5.74, 6) is 0. The maximum absolute atomic E-state index is 3.83. The van der Waals surface area contributed by atoms with Crippen molar-refractivity contribution in [1.82, 2.24) is 0 Å². The second kappa shape index (κ2) is 3.61. The predicted octanol–water partition coefficient (Wildman–Crippen LogP) is 3.21. The van der Waals surface area contributed by atoms with Crippen LogP contribution in [0.5, 0.6) is 0 Å². The van der Waals surface area contributed by atoms with Crippen LogP contribution in [0.3, 0.4) is 0 Å². The van der Waals surface area contributed by atoms with Crippen LogP contribution in [0.2, 0.25) is 17.7 Å². The number of allylic oxidation sites excluding steroid dienone is 2. The van der Waals surface area contributed by atoms with Crippen LogP contribution in [0, 0.1) is 0 Å². The van der Waals surface area contributed by atoms with E-state index in [0.717, 1.165) is 0 Å². The average Bonchev–Trinajstić information content (AvgIpc) is 1.84. The Morgan fingerprint density at radius 1 is 1.10 bits per heavy atom. The number of hydrogen-bond acceptors (Lipinski definition) is 0. The normalized spacial score (nSPS) is 21.2. The van der Waals surface area contributed by atoms with Gasteiger partial charge in [-0.2, -0.15) is 0 Å². The van der Waals surface area contributed by atoms with Gasteiger partial charge in [-0.05, 0) is 0 Å². The fourth-order valence-electron chi connectivity index (χ4n) is 1.78.